The van der Waals surface area contributed by atoms with Crippen LogP contribution >= 0.6 is 11.6 Å². The lowest BCUT2D eigenvalue weighted by molar-refractivity contribution is -0.110. The summed E-state index contributed by atoms with van der Waals surface area (Å²) in [5.41, 5.74) is 7.08. The summed E-state index contributed by atoms with van der Waals surface area (Å²) in [5, 5.41) is 6.10. The number of nitrogens with zero attached hydrogens (tertiary/aromatic N) is 3. The fourth-order valence-electron chi connectivity index (χ4n) is 3.32. The third-order valence-electron chi connectivity index (χ3n) is 5.27. The standard InChI is InChI=1S/C23H27ClFN7O2/c1-3-7-29-32-18-10-15(24)9-16(19(18)25)20-21(34-22(31-20)14-4-5-14)17-6-8-26-23(30-17)27-11-13(2)28-12-33/h6,8-10,12-14,29,32H,3-5,7,11H2,1-2H3,(H,28,33)(H,26,27,30)/t13-/m0/s1. The lowest BCUT2D eigenvalue weighted by atomic mass is 10.1. The van der Waals surface area contributed by atoms with E-state index < -0.39 is 5.82 Å². The molecular formula is C23H27ClFN7O2. The van der Waals surface area contributed by atoms with E-state index in [9.17, 15) is 4.79 Å². The minimum absolute atomic E-state index is 0.111. The Morgan fingerprint density at radius 2 is 2.15 bits per heavy atom. The van der Waals surface area contributed by atoms with Crippen molar-refractivity contribution in [2.24, 2.45) is 0 Å². The van der Waals surface area contributed by atoms with Crippen molar-refractivity contribution in [3.8, 4) is 22.7 Å². The van der Waals surface area contributed by atoms with Gasteiger partial charge in [0.25, 0.3) is 0 Å². The van der Waals surface area contributed by atoms with Crippen molar-refractivity contribution in [1.82, 2.24) is 25.7 Å². The number of rotatable bonds is 12. The van der Waals surface area contributed by atoms with Gasteiger partial charge < -0.3 is 20.5 Å². The molecule has 1 saturated carbocycles. The largest absolute Gasteiger partial charge is 0.438 e. The number of hydrazine groups is 1. The summed E-state index contributed by atoms with van der Waals surface area (Å²) in [7, 11) is 0. The van der Waals surface area contributed by atoms with Crippen LogP contribution in [0.1, 0.15) is 44.9 Å². The normalized spacial score (nSPS) is 14.0. The number of hydrogen-bond acceptors (Lipinski definition) is 8. The highest BCUT2D eigenvalue weighted by Gasteiger charge is 2.32. The smallest absolute Gasteiger partial charge is 0.223 e. The number of halogens is 2. The van der Waals surface area contributed by atoms with Crippen LogP contribution in [0.5, 0.6) is 0 Å². The minimum Gasteiger partial charge on any atom is -0.438 e. The van der Waals surface area contributed by atoms with E-state index >= 15 is 4.39 Å². The molecule has 1 aliphatic carbocycles. The Hall–Kier alpha value is -3.24. The van der Waals surface area contributed by atoms with E-state index in [1.165, 1.54) is 12.1 Å². The van der Waals surface area contributed by atoms with Crippen LogP contribution in [-0.4, -0.2) is 40.5 Å². The van der Waals surface area contributed by atoms with E-state index in [-0.39, 0.29) is 23.2 Å². The zero-order valence-corrected chi connectivity index (χ0v) is 19.7. The Kier molecular flexibility index (Phi) is 7.59. The molecule has 1 fully saturated rings. The molecular weight excluding hydrogens is 461 g/mol. The average molecular weight is 488 g/mol. The second-order valence-corrected chi connectivity index (χ2v) is 8.64. The number of hydrogen-bond donors (Lipinski definition) is 4. The summed E-state index contributed by atoms with van der Waals surface area (Å²) in [5.74, 6) is 0.976. The third kappa shape index (κ3) is 5.63. The molecule has 0 bridgehead atoms. The molecule has 2 aromatic heterocycles. The summed E-state index contributed by atoms with van der Waals surface area (Å²) >= 11 is 6.33. The molecule has 0 aliphatic heterocycles. The zero-order chi connectivity index (χ0) is 24.1. The summed E-state index contributed by atoms with van der Waals surface area (Å²) < 4.78 is 21.6. The number of anilines is 2. The molecule has 0 radical (unpaired) electrons. The Morgan fingerprint density at radius 1 is 1.32 bits per heavy atom. The van der Waals surface area contributed by atoms with Crippen LogP contribution in [0.2, 0.25) is 5.02 Å². The molecule has 0 saturated heterocycles. The number of amides is 1. The predicted molar refractivity (Wildman–Crippen MR) is 129 cm³/mol. The van der Waals surface area contributed by atoms with Crippen molar-refractivity contribution in [1.29, 1.82) is 0 Å². The monoisotopic (exact) mass is 487 g/mol. The molecule has 1 aromatic carbocycles. The third-order valence-corrected chi connectivity index (χ3v) is 5.49. The first-order chi connectivity index (χ1) is 16.5. The Balaban J connectivity index is 1.70. The Labute approximate surface area is 201 Å². The highest BCUT2D eigenvalue weighted by molar-refractivity contribution is 6.31. The summed E-state index contributed by atoms with van der Waals surface area (Å²) in [6.45, 7) is 4.96. The van der Waals surface area contributed by atoms with Crippen molar-refractivity contribution in [3.05, 3.63) is 41.1 Å². The molecule has 1 aliphatic rings. The summed E-state index contributed by atoms with van der Waals surface area (Å²) in [4.78, 5) is 24.0. The van der Waals surface area contributed by atoms with Gasteiger partial charge in [-0.1, -0.05) is 18.5 Å². The van der Waals surface area contributed by atoms with Gasteiger partial charge in [0.2, 0.25) is 12.4 Å². The molecule has 9 nitrogen and oxygen atoms in total. The lowest BCUT2D eigenvalue weighted by Crippen LogP contribution is -2.31. The van der Waals surface area contributed by atoms with Gasteiger partial charge >= 0.3 is 0 Å². The highest BCUT2D eigenvalue weighted by atomic mass is 35.5. The van der Waals surface area contributed by atoms with Crippen LogP contribution in [0.25, 0.3) is 22.7 Å². The molecule has 0 spiro atoms. The number of carbonyl (C=O) groups is 1. The van der Waals surface area contributed by atoms with Gasteiger partial charge in [-0.2, -0.15) is 0 Å². The first-order valence-electron chi connectivity index (χ1n) is 11.3. The topological polar surface area (TPSA) is 117 Å². The molecule has 0 unspecified atom stereocenters. The quantitative estimate of drug-likeness (QED) is 0.169. The SMILES string of the molecule is CCCNNc1cc(Cl)cc(-c2nc(C3CC3)oc2-c2ccnc(NC[C@H](C)NC=O)n2)c1F. The van der Waals surface area contributed by atoms with Gasteiger partial charge in [0, 0.05) is 41.8 Å². The molecule has 180 valence electrons. The number of benzene rings is 1. The fourth-order valence-corrected chi connectivity index (χ4v) is 3.54. The van der Waals surface area contributed by atoms with E-state index in [0.717, 1.165) is 19.3 Å². The molecule has 3 aromatic rings. The van der Waals surface area contributed by atoms with Gasteiger partial charge in [-0.3, -0.25) is 4.79 Å². The molecule has 1 amide bonds. The van der Waals surface area contributed by atoms with Gasteiger partial charge in [-0.15, -0.1) is 0 Å². The van der Waals surface area contributed by atoms with Gasteiger partial charge in [0.15, 0.2) is 17.5 Å². The maximum atomic E-state index is 15.5. The number of oxazole rings is 1. The zero-order valence-electron chi connectivity index (χ0n) is 19.0. The first kappa shape index (κ1) is 23.9. The lowest BCUT2D eigenvalue weighted by Gasteiger charge is -2.12. The predicted octanol–water partition coefficient (Wildman–Crippen LogP) is 4.34. The van der Waals surface area contributed by atoms with Gasteiger partial charge in [0.1, 0.15) is 11.4 Å². The number of aromatic nitrogens is 3. The van der Waals surface area contributed by atoms with Crippen molar-refractivity contribution in [2.75, 3.05) is 23.8 Å². The Morgan fingerprint density at radius 3 is 2.88 bits per heavy atom. The van der Waals surface area contributed by atoms with Crippen molar-refractivity contribution >= 4 is 29.6 Å². The molecule has 2 heterocycles. The van der Waals surface area contributed by atoms with Crippen LogP contribution in [0.3, 0.4) is 0 Å². The van der Waals surface area contributed by atoms with E-state index in [1.54, 1.807) is 12.3 Å². The molecule has 34 heavy (non-hydrogen) atoms. The van der Waals surface area contributed by atoms with Gasteiger partial charge in [0.05, 0.1) is 5.69 Å². The molecule has 4 rings (SSSR count). The van der Waals surface area contributed by atoms with Crippen molar-refractivity contribution in [2.45, 2.75) is 45.1 Å². The maximum absolute atomic E-state index is 15.5. The summed E-state index contributed by atoms with van der Waals surface area (Å²) in [6.07, 6.45) is 5.06. The summed E-state index contributed by atoms with van der Waals surface area (Å²) in [6, 6.07) is 4.63. The second-order valence-electron chi connectivity index (χ2n) is 8.20. The van der Waals surface area contributed by atoms with E-state index in [0.29, 0.717) is 53.5 Å². The van der Waals surface area contributed by atoms with Gasteiger partial charge in [-0.05, 0) is 44.4 Å². The van der Waals surface area contributed by atoms with Crippen LogP contribution in [0, 0.1) is 5.82 Å². The maximum Gasteiger partial charge on any atom is 0.223 e. The van der Waals surface area contributed by atoms with Crippen LogP contribution in [0.15, 0.2) is 28.8 Å². The van der Waals surface area contributed by atoms with Crippen molar-refractivity contribution < 1.29 is 13.6 Å². The molecule has 4 N–H and O–H groups in total. The highest BCUT2D eigenvalue weighted by Crippen LogP contribution is 2.44. The van der Waals surface area contributed by atoms with Crippen molar-refractivity contribution in [3.63, 3.8) is 0 Å². The molecule has 11 heteroatoms. The van der Waals surface area contributed by atoms with Gasteiger partial charge in [-0.25, -0.2) is 24.8 Å². The van der Waals surface area contributed by atoms with E-state index in [1.807, 2.05) is 13.8 Å². The minimum atomic E-state index is -0.494. The first-order valence-corrected chi connectivity index (χ1v) is 11.6. The fraction of sp³-hybridized carbons (Fsp3) is 0.391. The molecule has 1 atom stereocenters. The second kappa shape index (κ2) is 10.8. The average Bonchev–Trinajstić information content (AvgIpc) is 3.59. The Bertz CT molecular complexity index is 1150. The van der Waals surface area contributed by atoms with Crippen LogP contribution < -0.4 is 21.5 Å². The van der Waals surface area contributed by atoms with E-state index in [2.05, 4.69) is 36.4 Å². The number of nitrogens with one attached hydrogen (secondary N) is 4. The van der Waals surface area contributed by atoms with Crippen LogP contribution in [-0.2, 0) is 4.79 Å². The number of carbonyl (C=O) groups excluding carboxylic acids is 1. The van der Waals surface area contributed by atoms with E-state index in [4.69, 9.17) is 16.0 Å². The van der Waals surface area contributed by atoms with Crippen LogP contribution in [0.4, 0.5) is 16.0 Å².